The summed E-state index contributed by atoms with van der Waals surface area (Å²) < 4.78 is 18.4. The number of hydrogen-bond donors (Lipinski definition) is 1. The Labute approximate surface area is 96.1 Å². The predicted molar refractivity (Wildman–Crippen MR) is 62.0 cm³/mol. The molecule has 1 N–H and O–H groups in total. The Kier molecular flexibility index (Phi) is 3.29. The molecule has 0 aliphatic heterocycles. The van der Waals surface area contributed by atoms with Crippen molar-refractivity contribution in [2.75, 3.05) is 7.11 Å². The summed E-state index contributed by atoms with van der Waals surface area (Å²) in [5, 5.41) is 10.4. The van der Waals surface area contributed by atoms with E-state index in [9.17, 15) is 9.50 Å². The molecule has 16 heavy (non-hydrogen) atoms. The lowest BCUT2D eigenvalue weighted by Gasteiger charge is -2.37. The van der Waals surface area contributed by atoms with Gasteiger partial charge in [0.25, 0.3) is 0 Å². The predicted octanol–water partition coefficient (Wildman–Crippen LogP) is 3.09. The van der Waals surface area contributed by atoms with E-state index in [2.05, 4.69) is 0 Å². The number of benzene rings is 1. The van der Waals surface area contributed by atoms with Crippen molar-refractivity contribution in [3.05, 3.63) is 29.6 Å². The standard InChI is InChI=1S/C13H19FO2/c1-12(2,3)13(4,15)9-6-7-11(16-5)10(14)8-9/h6-8,15H,1-5H3. The molecule has 0 aliphatic rings. The van der Waals surface area contributed by atoms with E-state index >= 15 is 0 Å². The van der Waals surface area contributed by atoms with Crippen molar-refractivity contribution in [3.8, 4) is 5.75 Å². The van der Waals surface area contributed by atoms with Crippen LogP contribution < -0.4 is 4.74 Å². The molecule has 1 unspecified atom stereocenters. The van der Waals surface area contributed by atoms with Crippen molar-refractivity contribution < 1.29 is 14.2 Å². The summed E-state index contributed by atoms with van der Waals surface area (Å²) in [5.74, 6) is -0.266. The normalized spacial score (nSPS) is 15.7. The van der Waals surface area contributed by atoms with E-state index in [0.29, 0.717) is 5.56 Å². The van der Waals surface area contributed by atoms with Gasteiger partial charge in [0.2, 0.25) is 0 Å². The van der Waals surface area contributed by atoms with Crippen molar-refractivity contribution in [1.29, 1.82) is 0 Å². The summed E-state index contributed by atoms with van der Waals surface area (Å²) in [7, 11) is 1.42. The summed E-state index contributed by atoms with van der Waals surface area (Å²) in [6.07, 6.45) is 0. The molecule has 1 atom stereocenters. The Bertz CT molecular complexity index is 378. The van der Waals surface area contributed by atoms with Crippen LogP contribution in [-0.4, -0.2) is 12.2 Å². The Morgan fingerprint density at radius 3 is 2.12 bits per heavy atom. The maximum atomic E-state index is 13.5. The zero-order valence-electron chi connectivity index (χ0n) is 10.5. The van der Waals surface area contributed by atoms with Gasteiger partial charge in [0.1, 0.15) is 0 Å². The van der Waals surface area contributed by atoms with Crippen LogP contribution in [0.25, 0.3) is 0 Å². The van der Waals surface area contributed by atoms with Crippen LogP contribution >= 0.6 is 0 Å². The van der Waals surface area contributed by atoms with E-state index in [1.165, 1.54) is 19.2 Å². The Hall–Kier alpha value is -1.09. The van der Waals surface area contributed by atoms with Crippen molar-refractivity contribution in [1.82, 2.24) is 0 Å². The molecular weight excluding hydrogens is 207 g/mol. The fraction of sp³-hybridized carbons (Fsp3) is 0.538. The van der Waals surface area contributed by atoms with Crippen molar-refractivity contribution in [2.24, 2.45) is 5.41 Å². The minimum Gasteiger partial charge on any atom is -0.494 e. The first-order valence-corrected chi connectivity index (χ1v) is 5.26. The van der Waals surface area contributed by atoms with Gasteiger partial charge in [-0.2, -0.15) is 0 Å². The number of aliphatic hydroxyl groups is 1. The molecule has 0 amide bonds. The molecule has 0 radical (unpaired) electrons. The lowest BCUT2D eigenvalue weighted by molar-refractivity contribution is -0.0472. The topological polar surface area (TPSA) is 29.5 Å². The maximum absolute atomic E-state index is 13.5. The van der Waals surface area contributed by atoms with E-state index in [-0.39, 0.29) is 11.2 Å². The zero-order chi connectivity index (χ0) is 12.6. The maximum Gasteiger partial charge on any atom is 0.165 e. The number of halogens is 1. The monoisotopic (exact) mass is 226 g/mol. The lowest BCUT2D eigenvalue weighted by atomic mass is 9.73. The van der Waals surface area contributed by atoms with Gasteiger partial charge < -0.3 is 9.84 Å². The second-order valence-electron chi connectivity index (χ2n) is 5.17. The average molecular weight is 226 g/mol. The molecule has 0 spiro atoms. The first-order chi connectivity index (χ1) is 7.20. The van der Waals surface area contributed by atoms with E-state index < -0.39 is 11.4 Å². The molecule has 3 heteroatoms. The van der Waals surface area contributed by atoms with Crippen molar-refractivity contribution >= 4 is 0 Å². The minimum absolute atomic E-state index is 0.188. The van der Waals surface area contributed by atoms with Crippen LogP contribution in [0.2, 0.25) is 0 Å². The highest BCUT2D eigenvalue weighted by Crippen LogP contribution is 2.39. The SMILES string of the molecule is COc1ccc(C(C)(O)C(C)(C)C)cc1F. The molecular formula is C13H19FO2. The summed E-state index contributed by atoms with van der Waals surface area (Å²) in [4.78, 5) is 0. The summed E-state index contributed by atoms with van der Waals surface area (Å²) in [5.41, 5.74) is -0.896. The van der Waals surface area contributed by atoms with E-state index in [0.717, 1.165) is 0 Å². The second kappa shape index (κ2) is 4.06. The van der Waals surface area contributed by atoms with Gasteiger partial charge >= 0.3 is 0 Å². The molecule has 90 valence electrons. The molecule has 0 saturated carbocycles. The first-order valence-electron chi connectivity index (χ1n) is 5.26. The van der Waals surface area contributed by atoms with Crippen LogP contribution in [-0.2, 0) is 5.60 Å². The van der Waals surface area contributed by atoms with Crippen LogP contribution in [0.4, 0.5) is 4.39 Å². The van der Waals surface area contributed by atoms with Crippen LogP contribution in [0.1, 0.15) is 33.3 Å². The molecule has 0 heterocycles. The quantitative estimate of drug-likeness (QED) is 0.839. The smallest absolute Gasteiger partial charge is 0.165 e. The molecule has 0 aliphatic carbocycles. The third-order valence-electron chi connectivity index (χ3n) is 3.17. The van der Waals surface area contributed by atoms with E-state index in [1.807, 2.05) is 20.8 Å². The van der Waals surface area contributed by atoms with Gasteiger partial charge in [-0.15, -0.1) is 0 Å². The van der Waals surface area contributed by atoms with E-state index in [1.54, 1.807) is 13.0 Å². The molecule has 1 aromatic carbocycles. The lowest BCUT2D eigenvalue weighted by Crippen LogP contribution is -2.36. The largest absolute Gasteiger partial charge is 0.494 e. The van der Waals surface area contributed by atoms with Crippen molar-refractivity contribution in [3.63, 3.8) is 0 Å². The van der Waals surface area contributed by atoms with Gasteiger partial charge in [0.15, 0.2) is 11.6 Å². The molecule has 2 nitrogen and oxygen atoms in total. The fourth-order valence-corrected chi connectivity index (χ4v) is 1.40. The average Bonchev–Trinajstić information content (AvgIpc) is 2.15. The zero-order valence-corrected chi connectivity index (χ0v) is 10.5. The molecule has 0 aromatic heterocycles. The summed E-state index contributed by atoms with van der Waals surface area (Å²) >= 11 is 0. The van der Waals surface area contributed by atoms with Crippen LogP contribution in [0.5, 0.6) is 5.75 Å². The Morgan fingerprint density at radius 1 is 1.19 bits per heavy atom. The highest BCUT2D eigenvalue weighted by Gasteiger charge is 2.37. The van der Waals surface area contributed by atoms with Gasteiger partial charge in [0.05, 0.1) is 12.7 Å². The van der Waals surface area contributed by atoms with Gasteiger partial charge in [0, 0.05) is 0 Å². The minimum atomic E-state index is -1.08. The third kappa shape index (κ3) is 2.19. The fourth-order valence-electron chi connectivity index (χ4n) is 1.40. The molecule has 0 bridgehead atoms. The first kappa shape index (κ1) is 13.0. The van der Waals surface area contributed by atoms with E-state index in [4.69, 9.17) is 4.74 Å². The number of hydrogen-bond acceptors (Lipinski definition) is 2. The summed E-state index contributed by atoms with van der Waals surface area (Å²) in [6.45, 7) is 7.42. The number of ether oxygens (including phenoxy) is 1. The number of rotatable bonds is 2. The molecule has 0 saturated heterocycles. The molecule has 1 rings (SSSR count). The Balaban J connectivity index is 3.20. The van der Waals surface area contributed by atoms with Crippen molar-refractivity contribution in [2.45, 2.75) is 33.3 Å². The van der Waals surface area contributed by atoms with Crippen LogP contribution in [0.3, 0.4) is 0 Å². The van der Waals surface area contributed by atoms with Gasteiger partial charge in [-0.1, -0.05) is 26.8 Å². The van der Waals surface area contributed by atoms with Crippen LogP contribution in [0.15, 0.2) is 18.2 Å². The highest BCUT2D eigenvalue weighted by atomic mass is 19.1. The molecule has 1 aromatic rings. The van der Waals surface area contributed by atoms with Gasteiger partial charge in [-0.05, 0) is 30.0 Å². The third-order valence-corrected chi connectivity index (χ3v) is 3.17. The highest BCUT2D eigenvalue weighted by molar-refractivity contribution is 5.33. The van der Waals surface area contributed by atoms with Gasteiger partial charge in [-0.3, -0.25) is 0 Å². The Morgan fingerprint density at radius 2 is 1.75 bits per heavy atom. The van der Waals surface area contributed by atoms with Gasteiger partial charge in [-0.25, -0.2) is 4.39 Å². The summed E-state index contributed by atoms with van der Waals surface area (Å²) in [6, 6.07) is 4.54. The number of methoxy groups -OCH3 is 1. The molecule has 0 fully saturated rings. The van der Waals surface area contributed by atoms with Crippen LogP contribution in [0, 0.1) is 11.2 Å². The second-order valence-corrected chi connectivity index (χ2v) is 5.17.